The van der Waals surface area contributed by atoms with E-state index in [0.717, 1.165) is 37.1 Å². The molecule has 3 heterocycles. The van der Waals surface area contributed by atoms with Crippen molar-refractivity contribution in [2.45, 2.75) is 32.2 Å². The molecule has 0 spiro atoms. The first kappa shape index (κ1) is 12.9. The SMILES string of the molecule is Cc1c(C(=O)N2CCCC[C@H]2c2ncon2)ccn1C. The van der Waals surface area contributed by atoms with Gasteiger partial charge in [0.15, 0.2) is 5.82 Å². The van der Waals surface area contributed by atoms with E-state index in [1.54, 1.807) is 0 Å². The molecule has 20 heavy (non-hydrogen) atoms. The molecule has 0 unspecified atom stereocenters. The summed E-state index contributed by atoms with van der Waals surface area (Å²) in [6.07, 6.45) is 6.22. The molecule has 106 valence electrons. The molecule has 0 N–H and O–H groups in total. The van der Waals surface area contributed by atoms with Crippen molar-refractivity contribution in [3.05, 3.63) is 35.7 Å². The number of hydrogen-bond donors (Lipinski definition) is 0. The number of carbonyl (C=O) groups is 1. The largest absolute Gasteiger partial charge is 0.354 e. The van der Waals surface area contributed by atoms with Gasteiger partial charge in [-0.2, -0.15) is 4.98 Å². The molecule has 1 aliphatic rings. The Kier molecular flexibility index (Phi) is 3.30. The monoisotopic (exact) mass is 274 g/mol. The third-order valence-electron chi connectivity index (χ3n) is 4.05. The number of aromatic nitrogens is 3. The number of hydrogen-bond acceptors (Lipinski definition) is 4. The van der Waals surface area contributed by atoms with Crippen LogP contribution in [0.3, 0.4) is 0 Å². The molecule has 2 aromatic rings. The molecule has 1 saturated heterocycles. The summed E-state index contributed by atoms with van der Waals surface area (Å²) >= 11 is 0. The highest BCUT2D eigenvalue weighted by atomic mass is 16.5. The van der Waals surface area contributed by atoms with E-state index in [1.807, 2.05) is 35.7 Å². The van der Waals surface area contributed by atoms with E-state index < -0.39 is 0 Å². The zero-order chi connectivity index (χ0) is 14.1. The van der Waals surface area contributed by atoms with Gasteiger partial charge in [-0.25, -0.2) is 0 Å². The molecule has 0 saturated carbocycles. The van der Waals surface area contributed by atoms with Crippen LogP contribution in [-0.4, -0.2) is 32.1 Å². The first-order valence-corrected chi connectivity index (χ1v) is 6.87. The van der Waals surface area contributed by atoms with Gasteiger partial charge in [0, 0.05) is 25.5 Å². The number of amides is 1. The highest BCUT2D eigenvalue weighted by molar-refractivity contribution is 5.95. The van der Waals surface area contributed by atoms with Crippen LogP contribution in [0, 0.1) is 6.92 Å². The lowest BCUT2D eigenvalue weighted by Gasteiger charge is -2.33. The Morgan fingerprint density at radius 1 is 1.45 bits per heavy atom. The van der Waals surface area contributed by atoms with Gasteiger partial charge in [-0.15, -0.1) is 0 Å². The summed E-state index contributed by atoms with van der Waals surface area (Å²) in [7, 11) is 1.94. The average molecular weight is 274 g/mol. The zero-order valence-electron chi connectivity index (χ0n) is 11.7. The Hall–Kier alpha value is -2.11. The molecule has 0 aromatic carbocycles. The van der Waals surface area contributed by atoms with Crippen molar-refractivity contribution >= 4 is 5.91 Å². The molecule has 3 rings (SSSR count). The van der Waals surface area contributed by atoms with Crippen molar-refractivity contribution in [3.8, 4) is 0 Å². The molecular weight excluding hydrogens is 256 g/mol. The Labute approximate surface area is 117 Å². The molecule has 0 aliphatic carbocycles. The van der Waals surface area contributed by atoms with Crippen LogP contribution in [-0.2, 0) is 7.05 Å². The van der Waals surface area contributed by atoms with Crippen LogP contribution in [0.25, 0.3) is 0 Å². The van der Waals surface area contributed by atoms with Crippen LogP contribution < -0.4 is 0 Å². The van der Waals surface area contributed by atoms with Gasteiger partial charge in [-0.05, 0) is 32.3 Å². The predicted molar refractivity (Wildman–Crippen MR) is 72.1 cm³/mol. The lowest BCUT2D eigenvalue weighted by atomic mass is 10.0. The quantitative estimate of drug-likeness (QED) is 0.841. The molecule has 6 heteroatoms. The van der Waals surface area contributed by atoms with Crippen molar-refractivity contribution in [2.75, 3.05) is 6.54 Å². The van der Waals surface area contributed by atoms with E-state index in [-0.39, 0.29) is 11.9 Å². The smallest absolute Gasteiger partial charge is 0.256 e. The van der Waals surface area contributed by atoms with Crippen LogP contribution in [0.5, 0.6) is 0 Å². The van der Waals surface area contributed by atoms with Crippen molar-refractivity contribution in [3.63, 3.8) is 0 Å². The minimum absolute atomic E-state index is 0.0533. The van der Waals surface area contributed by atoms with Gasteiger partial charge in [-0.1, -0.05) is 5.16 Å². The molecule has 0 bridgehead atoms. The van der Waals surface area contributed by atoms with E-state index in [0.29, 0.717) is 5.82 Å². The maximum atomic E-state index is 12.8. The second-order valence-electron chi connectivity index (χ2n) is 5.23. The van der Waals surface area contributed by atoms with E-state index in [2.05, 4.69) is 10.1 Å². The van der Waals surface area contributed by atoms with Gasteiger partial charge in [0.25, 0.3) is 5.91 Å². The topological polar surface area (TPSA) is 64.2 Å². The van der Waals surface area contributed by atoms with Crippen molar-refractivity contribution in [1.82, 2.24) is 19.6 Å². The average Bonchev–Trinajstić information content (AvgIpc) is 3.10. The summed E-state index contributed by atoms with van der Waals surface area (Å²) in [5, 5.41) is 3.91. The minimum Gasteiger partial charge on any atom is -0.354 e. The minimum atomic E-state index is -0.0744. The normalized spacial score (nSPS) is 19.3. The third-order valence-corrected chi connectivity index (χ3v) is 4.05. The summed E-state index contributed by atoms with van der Waals surface area (Å²) in [5.41, 5.74) is 1.73. The Morgan fingerprint density at radius 3 is 2.95 bits per heavy atom. The van der Waals surface area contributed by atoms with Gasteiger partial charge in [0.2, 0.25) is 6.39 Å². The molecule has 2 aromatic heterocycles. The molecule has 1 amide bonds. The molecule has 6 nitrogen and oxygen atoms in total. The van der Waals surface area contributed by atoms with E-state index >= 15 is 0 Å². The number of likely N-dealkylation sites (tertiary alicyclic amines) is 1. The molecule has 1 atom stereocenters. The summed E-state index contributed by atoms with van der Waals surface area (Å²) in [6, 6.07) is 1.80. The Morgan fingerprint density at radius 2 is 2.30 bits per heavy atom. The fourth-order valence-corrected chi connectivity index (χ4v) is 2.76. The summed E-state index contributed by atoms with van der Waals surface area (Å²) in [4.78, 5) is 18.8. The lowest BCUT2D eigenvalue weighted by Crippen LogP contribution is -2.39. The maximum absolute atomic E-state index is 12.8. The molecule has 0 radical (unpaired) electrons. The summed E-state index contributed by atoms with van der Waals surface area (Å²) < 4.78 is 6.79. The molecular formula is C14H18N4O2. The summed E-state index contributed by atoms with van der Waals surface area (Å²) in [6.45, 7) is 2.70. The highest BCUT2D eigenvalue weighted by Gasteiger charge is 2.32. The first-order valence-electron chi connectivity index (χ1n) is 6.87. The van der Waals surface area contributed by atoms with Crippen LogP contribution >= 0.6 is 0 Å². The van der Waals surface area contributed by atoms with Gasteiger partial charge >= 0.3 is 0 Å². The fraction of sp³-hybridized carbons (Fsp3) is 0.500. The Balaban J connectivity index is 1.90. The van der Waals surface area contributed by atoms with Crippen LogP contribution in [0.1, 0.15) is 47.2 Å². The van der Waals surface area contributed by atoms with Crippen molar-refractivity contribution in [1.29, 1.82) is 0 Å². The lowest BCUT2D eigenvalue weighted by molar-refractivity contribution is 0.0596. The standard InChI is InChI=1S/C14H18N4O2/c1-10-11(6-8-17(10)2)14(19)18-7-4-3-5-12(18)13-15-9-20-16-13/h6,8-9,12H,3-5,7H2,1-2H3/t12-/m0/s1. The van der Waals surface area contributed by atoms with Gasteiger partial charge in [-0.3, -0.25) is 4.79 Å². The predicted octanol–water partition coefficient (Wildman–Crippen LogP) is 2.08. The molecule has 1 aliphatic heterocycles. The molecule has 1 fully saturated rings. The number of nitrogens with zero attached hydrogens (tertiary/aromatic N) is 4. The maximum Gasteiger partial charge on any atom is 0.256 e. The fourth-order valence-electron chi connectivity index (χ4n) is 2.76. The van der Waals surface area contributed by atoms with Crippen LogP contribution in [0.4, 0.5) is 0 Å². The van der Waals surface area contributed by atoms with Crippen LogP contribution in [0.15, 0.2) is 23.2 Å². The van der Waals surface area contributed by atoms with E-state index in [4.69, 9.17) is 4.52 Å². The van der Waals surface area contributed by atoms with Gasteiger partial charge in [0.1, 0.15) is 0 Å². The van der Waals surface area contributed by atoms with Crippen LogP contribution in [0.2, 0.25) is 0 Å². The Bertz CT molecular complexity index is 603. The first-order chi connectivity index (χ1) is 9.68. The van der Waals surface area contributed by atoms with Crippen molar-refractivity contribution in [2.24, 2.45) is 7.05 Å². The summed E-state index contributed by atoms with van der Waals surface area (Å²) in [5.74, 6) is 0.657. The van der Waals surface area contributed by atoms with Crippen molar-refractivity contribution < 1.29 is 9.32 Å². The van der Waals surface area contributed by atoms with Gasteiger partial charge in [0.05, 0.1) is 11.6 Å². The highest BCUT2D eigenvalue weighted by Crippen LogP contribution is 2.30. The zero-order valence-corrected chi connectivity index (χ0v) is 11.7. The number of carbonyl (C=O) groups excluding carboxylic acids is 1. The number of rotatable bonds is 2. The second kappa shape index (κ2) is 5.11. The van der Waals surface area contributed by atoms with E-state index in [1.165, 1.54) is 6.39 Å². The number of piperidine rings is 1. The third kappa shape index (κ3) is 2.11. The van der Waals surface area contributed by atoms with Gasteiger partial charge < -0.3 is 14.0 Å². The van der Waals surface area contributed by atoms with E-state index in [9.17, 15) is 4.79 Å². The number of aryl methyl sites for hydroxylation is 1. The second-order valence-corrected chi connectivity index (χ2v) is 5.23.